The zero-order valence-corrected chi connectivity index (χ0v) is 9.50. The summed E-state index contributed by atoms with van der Waals surface area (Å²) in [7, 11) is -3.06. The smallest absolute Gasteiger partial charge is 0.150 e. The van der Waals surface area contributed by atoms with E-state index in [1.807, 2.05) is 0 Å². The number of sulfone groups is 1. The number of hydrogen-bond acceptors (Lipinski definition) is 3. The number of benzene rings is 1. The third-order valence-corrected chi connectivity index (χ3v) is 4.66. The predicted octanol–water partition coefficient (Wildman–Crippen LogP) is 1.77. The molecule has 3 nitrogen and oxygen atoms in total. The van der Waals surface area contributed by atoms with Gasteiger partial charge in [0.25, 0.3) is 0 Å². The molecule has 1 aromatic carbocycles. The Morgan fingerprint density at radius 3 is 2.12 bits per heavy atom. The number of phenols is 1. The lowest BCUT2D eigenvalue weighted by Crippen LogP contribution is -2.33. The molecule has 16 heavy (non-hydrogen) atoms. The molecule has 1 aromatic rings. The lowest BCUT2D eigenvalue weighted by Gasteiger charge is -2.29. The first-order chi connectivity index (χ1) is 7.41. The van der Waals surface area contributed by atoms with Crippen molar-refractivity contribution in [3.8, 4) is 5.75 Å². The van der Waals surface area contributed by atoms with Crippen LogP contribution in [0.25, 0.3) is 0 Å². The second-order valence-corrected chi connectivity index (χ2v) is 6.47. The van der Waals surface area contributed by atoms with Crippen molar-refractivity contribution in [3.63, 3.8) is 0 Å². The molecule has 1 N–H and O–H groups in total. The molecule has 5 heteroatoms. The molecule has 0 unspecified atom stereocenters. The summed E-state index contributed by atoms with van der Waals surface area (Å²) >= 11 is 0. The summed E-state index contributed by atoms with van der Waals surface area (Å²) in [5.74, 6) is -0.134. The van der Waals surface area contributed by atoms with E-state index in [0.717, 1.165) is 0 Å². The van der Waals surface area contributed by atoms with Gasteiger partial charge in [0.05, 0.1) is 11.5 Å². The maximum atomic E-state index is 14.4. The van der Waals surface area contributed by atoms with Gasteiger partial charge >= 0.3 is 0 Å². The van der Waals surface area contributed by atoms with Crippen LogP contribution in [0, 0.1) is 0 Å². The van der Waals surface area contributed by atoms with Gasteiger partial charge in [0, 0.05) is 0 Å². The number of rotatable bonds is 1. The standard InChI is InChI=1S/C11H13FO3S/c12-11(5-7-16(14,15)8-6-11)9-1-3-10(13)4-2-9/h1-4,13H,5-8H2. The summed E-state index contributed by atoms with van der Waals surface area (Å²) in [4.78, 5) is 0. The van der Waals surface area contributed by atoms with Crippen LogP contribution < -0.4 is 0 Å². The van der Waals surface area contributed by atoms with E-state index in [1.54, 1.807) is 0 Å². The molecule has 0 atom stereocenters. The number of halogens is 1. The van der Waals surface area contributed by atoms with Gasteiger partial charge in [-0.25, -0.2) is 12.8 Å². The molecular weight excluding hydrogens is 231 g/mol. The molecule has 0 saturated carbocycles. The third-order valence-electron chi connectivity index (χ3n) is 3.00. The molecule has 1 fully saturated rings. The summed E-state index contributed by atoms with van der Waals surface area (Å²) in [6.45, 7) is 0. The van der Waals surface area contributed by atoms with Crippen molar-refractivity contribution >= 4 is 9.84 Å². The van der Waals surface area contributed by atoms with E-state index in [1.165, 1.54) is 24.3 Å². The second-order valence-electron chi connectivity index (χ2n) is 4.16. The summed E-state index contributed by atoms with van der Waals surface area (Å²) in [5.41, 5.74) is -1.13. The lowest BCUT2D eigenvalue weighted by molar-refractivity contribution is 0.148. The molecule has 1 aliphatic rings. The molecule has 0 spiro atoms. The Kier molecular flexibility index (Phi) is 2.66. The maximum Gasteiger partial charge on any atom is 0.150 e. The Labute approximate surface area is 93.8 Å². The topological polar surface area (TPSA) is 54.4 Å². The van der Waals surface area contributed by atoms with Crippen molar-refractivity contribution in [1.29, 1.82) is 0 Å². The zero-order chi connectivity index (χ0) is 11.8. The molecular formula is C11H13FO3S. The third kappa shape index (κ3) is 2.19. The Balaban J connectivity index is 2.24. The largest absolute Gasteiger partial charge is 0.508 e. The second kappa shape index (κ2) is 3.73. The monoisotopic (exact) mass is 244 g/mol. The molecule has 0 radical (unpaired) electrons. The number of phenolic OH excluding ortho intramolecular Hbond substituents is 1. The van der Waals surface area contributed by atoms with E-state index >= 15 is 0 Å². The van der Waals surface area contributed by atoms with Crippen molar-refractivity contribution in [1.82, 2.24) is 0 Å². The van der Waals surface area contributed by atoms with Crippen molar-refractivity contribution in [2.24, 2.45) is 0 Å². The van der Waals surface area contributed by atoms with E-state index in [2.05, 4.69) is 0 Å². The lowest BCUT2D eigenvalue weighted by atomic mass is 9.90. The van der Waals surface area contributed by atoms with E-state index in [9.17, 15) is 12.8 Å². The van der Waals surface area contributed by atoms with E-state index in [-0.39, 0.29) is 30.1 Å². The van der Waals surface area contributed by atoms with Crippen LogP contribution >= 0.6 is 0 Å². The van der Waals surface area contributed by atoms with Gasteiger partial charge < -0.3 is 5.11 Å². The van der Waals surface area contributed by atoms with Crippen LogP contribution in [-0.4, -0.2) is 25.0 Å². The van der Waals surface area contributed by atoms with Gasteiger partial charge in [0.15, 0.2) is 9.84 Å². The van der Waals surface area contributed by atoms with Gasteiger partial charge in [0.2, 0.25) is 0 Å². The SMILES string of the molecule is O=S1(=O)CCC(F)(c2ccc(O)cc2)CC1. The minimum atomic E-state index is -3.06. The average Bonchev–Trinajstić information content (AvgIpc) is 2.24. The van der Waals surface area contributed by atoms with Crippen LogP contribution in [0.5, 0.6) is 5.75 Å². The quantitative estimate of drug-likeness (QED) is 0.819. The molecule has 2 rings (SSSR count). The van der Waals surface area contributed by atoms with Gasteiger partial charge in [-0.2, -0.15) is 0 Å². The Morgan fingerprint density at radius 2 is 1.62 bits per heavy atom. The normalized spacial score (nSPS) is 22.8. The Bertz CT molecular complexity index is 464. The van der Waals surface area contributed by atoms with E-state index < -0.39 is 15.5 Å². The summed E-state index contributed by atoms with van der Waals surface area (Å²) in [6.07, 6.45) is 0.000215. The molecule has 88 valence electrons. The molecule has 0 aromatic heterocycles. The van der Waals surface area contributed by atoms with Crippen molar-refractivity contribution < 1.29 is 17.9 Å². The number of hydrogen-bond donors (Lipinski definition) is 1. The highest BCUT2D eigenvalue weighted by Crippen LogP contribution is 2.38. The van der Waals surface area contributed by atoms with Crippen molar-refractivity contribution in [2.45, 2.75) is 18.5 Å². The van der Waals surface area contributed by atoms with Crippen LogP contribution in [0.4, 0.5) is 4.39 Å². The molecule has 1 heterocycles. The summed E-state index contributed by atoms with van der Waals surface area (Å²) < 4.78 is 36.9. The van der Waals surface area contributed by atoms with Gasteiger partial charge in [-0.05, 0) is 30.5 Å². The Morgan fingerprint density at radius 1 is 1.12 bits per heavy atom. The first-order valence-corrected chi connectivity index (χ1v) is 6.92. The highest BCUT2D eigenvalue weighted by molar-refractivity contribution is 7.91. The van der Waals surface area contributed by atoms with E-state index in [4.69, 9.17) is 5.11 Å². The fraction of sp³-hybridized carbons (Fsp3) is 0.455. The summed E-state index contributed by atoms with van der Waals surface area (Å²) in [6, 6.07) is 5.85. The first kappa shape index (κ1) is 11.4. The average molecular weight is 244 g/mol. The minimum Gasteiger partial charge on any atom is -0.508 e. The highest BCUT2D eigenvalue weighted by atomic mass is 32.2. The van der Waals surface area contributed by atoms with Crippen molar-refractivity contribution in [3.05, 3.63) is 29.8 Å². The fourth-order valence-corrected chi connectivity index (χ4v) is 3.38. The fourth-order valence-electron chi connectivity index (χ4n) is 1.91. The first-order valence-electron chi connectivity index (χ1n) is 5.10. The van der Waals surface area contributed by atoms with Gasteiger partial charge in [0.1, 0.15) is 11.4 Å². The zero-order valence-electron chi connectivity index (χ0n) is 8.69. The highest BCUT2D eigenvalue weighted by Gasteiger charge is 2.38. The van der Waals surface area contributed by atoms with Crippen LogP contribution in [0.1, 0.15) is 18.4 Å². The van der Waals surface area contributed by atoms with Gasteiger partial charge in [-0.3, -0.25) is 0 Å². The van der Waals surface area contributed by atoms with Crippen LogP contribution in [0.15, 0.2) is 24.3 Å². The molecule has 0 amide bonds. The molecule has 1 saturated heterocycles. The van der Waals surface area contributed by atoms with Gasteiger partial charge in [-0.1, -0.05) is 12.1 Å². The Hall–Kier alpha value is -1.10. The van der Waals surface area contributed by atoms with Crippen LogP contribution in [0.2, 0.25) is 0 Å². The number of alkyl halides is 1. The molecule has 1 aliphatic heterocycles. The van der Waals surface area contributed by atoms with Gasteiger partial charge in [-0.15, -0.1) is 0 Å². The summed E-state index contributed by atoms with van der Waals surface area (Å²) in [5, 5.41) is 9.10. The van der Waals surface area contributed by atoms with E-state index in [0.29, 0.717) is 5.56 Å². The molecule has 0 bridgehead atoms. The molecule has 0 aliphatic carbocycles. The van der Waals surface area contributed by atoms with Crippen molar-refractivity contribution in [2.75, 3.05) is 11.5 Å². The van der Waals surface area contributed by atoms with Crippen LogP contribution in [0.3, 0.4) is 0 Å². The minimum absolute atomic E-state index is 0.000108. The number of aromatic hydroxyl groups is 1. The van der Waals surface area contributed by atoms with Crippen LogP contribution in [-0.2, 0) is 15.5 Å². The maximum absolute atomic E-state index is 14.4. The predicted molar refractivity (Wildman–Crippen MR) is 58.8 cm³/mol.